The van der Waals surface area contributed by atoms with E-state index in [4.69, 9.17) is 4.74 Å². The predicted molar refractivity (Wildman–Crippen MR) is 92.6 cm³/mol. The molecule has 128 valence electrons. The largest absolute Gasteiger partial charge is 0.456 e. The van der Waals surface area contributed by atoms with E-state index in [0.29, 0.717) is 6.54 Å². The summed E-state index contributed by atoms with van der Waals surface area (Å²) >= 11 is 0. The first kappa shape index (κ1) is 16.6. The van der Waals surface area contributed by atoms with Crippen LogP contribution in [0.15, 0.2) is 36.5 Å². The second-order valence-corrected chi connectivity index (χ2v) is 6.27. The summed E-state index contributed by atoms with van der Waals surface area (Å²) in [6.45, 7) is 1.99. The summed E-state index contributed by atoms with van der Waals surface area (Å²) in [6, 6.07) is 10.1. The topological polar surface area (TPSA) is 51.5 Å². The Balaban J connectivity index is 1.45. The Hall–Kier alpha value is -2.30. The van der Waals surface area contributed by atoms with Gasteiger partial charge < -0.3 is 14.2 Å². The lowest BCUT2D eigenvalue weighted by Crippen LogP contribution is -2.35. The smallest absolute Gasteiger partial charge is 0.308 e. The molecule has 5 heteroatoms. The van der Waals surface area contributed by atoms with Crippen LogP contribution in [-0.2, 0) is 20.9 Å². The Morgan fingerprint density at radius 1 is 1.00 bits per heavy atom. The quantitative estimate of drug-likeness (QED) is 0.793. The molecule has 0 spiro atoms. The molecule has 1 aliphatic heterocycles. The molecular formula is C19H24N2O3. The minimum Gasteiger partial charge on any atom is -0.456 e. The van der Waals surface area contributed by atoms with Gasteiger partial charge in [0, 0.05) is 31.3 Å². The average Bonchev–Trinajstić information content (AvgIpc) is 2.82. The van der Waals surface area contributed by atoms with Crippen molar-refractivity contribution in [1.29, 1.82) is 0 Å². The van der Waals surface area contributed by atoms with Crippen molar-refractivity contribution in [3.63, 3.8) is 0 Å². The Bertz CT molecular complexity index is 699. The predicted octanol–water partition coefficient (Wildman–Crippen LogP) is 2.98. The number of likely N-dealkylation sites (tertiary alicyclic amines) is 1. The number of esters is 1. The van der Waals surface area contributed by atoms with E-state index in [-0.39, 0.29) is 24.9 Å². The molecule has 1 aromatic heterocycles. The standard InChI is InChI=1S/C19H24N2O3/c22-18(21-11-5-1-2-6-12-21)15-24-19(23)10-14-20-13-9-16-7-3-4-8-17(16)20/h3-4,7-9,13H,1-2,5-6,10-12,14-15H2. The number of carbonyl (C=O) groups excluding carboxylic acids is 2. The SMILES string of the molecule is O=C(CCn1ccc2ccccc21)OCC(=O)N1CCCCCC1. The number of hydrogen-bond acceptors (Lipinski definition) is 3. The number of amides is 1. The van der Waals surface area contributed by atoms with Gasteiger partial charge in [0.05, 0.1) is 6.42 Å². The number of rotatable bonds is 5. The third-order valence-electron chi connectivity index (χ3n) is 4.55. The fourth-order valence-corrected chi connectivity index (χ4v) is 3.17. The van der Waals surface area contributed by atoms with Gasteiger partial charge in [0.25, 0.3) is 5.91 Å². The van der Waals surface area contributed by atoms with Crippen LogP contribution in [0.25, 0.3) is 10.9 Å². The maximum Gasteiger partial charge on any atom is 0.308 e. The number of carbonyl (C=O) groups is 2. The van der Waals surface area contributed by atoms with Gasteiger partial charge in [-0.2, -0.15) is 0 Å². The summed E-state index contributed by atoms with van der Waals surface area (Å²) < 4.78 is 7.20. The molecule has 0 radical (unpaired) electrons. The van der Waals surface area contributed by atoms with Gasteiger partial charge in [0.1, 0.15) is 0 Å². The first-order valence-corrected chi connectivity index (χ1v) is 8.71. The number of fused-ring (bicyclic) bond motifs is 1. The molecule has 0 atom stereocenters. The zero-order chi connectivity index (χ0) is 16.8. The van der Waals surface area contributed by atoms with Crippen LogP contribution in [-0.4, -0.2) is 41.0 Å². The molecule has 1 saturated heterocycles. The van der Waals surface area contributed by atoms with Crippen LogP contribution in [0, 0.1) is 0 Å². The minimum atomic E-state index is -0.323. The van der Waals surface area contributed by atoms with Gasteiger partial charge in [-0.1, -0.05) is 31.0 Å². The Morgan fingerprint density at radius 3 is 2.54 bits per heavy atom. The van der Waals surface area contributed by atoms with Gasteiger partial charge in [-0.15, -0.1) is 0 Å². The van der Waals surface area contributed by atoms with Crippen molar-refractivity contribution in [2.45, 2.75) is 38.6 Å². The van der Waals surface area contributed by atoms with Crippen LogP contribution in [0.2, 0.25) is 0 Å². The lowest BCUT2D eigenvalue weighted by atomic mass is 10.2. The van der Waals surface area contributed by atoms with Gasteiger partial charge in [-0.3, -0.25) is 9.59 Å². The van der Waals surface area contributed by atoms with Gasteiger partial charge in [0.15, 0.2) is 6.61 Å². The number of aryl methyl sites for hydroxylation is 1. The summed E-state index contributed by atoms with van der Waals surface area (Å²) in [5.41, 5.74) is 1.10. The maximum atomic E-state index is 12.1. The number of aromatic nitrogens is 1. The molecule has 2 aromatic rings. The second kappa shape index (κ2) is 7.99. The van der Waals surface area contributed by atoms with E-state index in [9.17, 15) is 9.59 Å². The van der Waals surface area contributed by atoms with Crippen LogP contribution in [0.1, 0.15) is 32.1 Å². The molecule has 24 heavy (non-hydrogen) atoms. The van der Waals surface area contributed by atoms with Gasteiger partial charge in [0.2, 0.25) is 0 Å². The average molecular weight is 328 g/mol. The van der Waals surface area contributed by atoms with Crippen molar-refractivity contribution < 1.29 is 14.3 Å². The second-order valence-electron chi connectivity index (χ2n) is 6.27. The first-order valence-electron chi connectivity index (χ1n) is 8.71. The molecule has 3 rings (SSSR count). The molecule has 0 N–H and O–H groups in total. The Kier molecular flexibility index (Phi) is 5.51. The van der Waals surface area contributed by atoms with Crippen molar-refractivity contribution in [2.75, 3.05) is 19.7 Å². The fraction of sp³-hybridized carbons (Fsp3) is 0.474. The molecule has 0 saturated carbocycles. The monoisotopic (exact) mass is 328 g/mol. The first-order chi connectivity index (χ1) is 11.7. The summed E-state index contributed by atoms with van der Waals surface area (Å²) in [5.74, 6) is -0.396. The lowest BCUT2D eigenvalue weighted by molar-refractivity contribution is -0.152. The lowest BCUT2D eigenvalue weighted by Gasteiger charge is -2.19. The van der Waals surface area contributed by atoms with Crippen LogP contribution >= 0.6 is 0 Å². The number of para-hydroxylation sites is 1. The van der Waals surface area contributed by atoms with Crippen molar-refractivity contribution in [1.82, 2.24) is 9.47 Å². The maximum absolute atomic E-state index is 12.1. The highest BCUT2D eigenvalue weighted by Crippen LogP contribution is 2.15. The highest BCUT2D eigenvalue weighted by Gasteiger charge is 2.17. The zero-order valence-electron chi connectivity index (χ0n) is 13.9. The Morgan fingerprint density at radius 2 is 1.75 bits per heavy atom. The van der Waals surface area contributed by atoms with E-state index < -0.39 is 0 Å². The van der Waals surface area contributed by atoms with Crippen molar-refractivity contribution in [2.24, 2.45) is 0 Å². The molecule has 1 aliphatic rings. The van der Waals surface area contributed by atoms with E-state index >= 15 is 0 Å². The molecular weight excluding hydrogens is 304 g/mol. The summed E-state index contributed by atoms with van der Waals surface area (Å²) in [6.07, 6.45) is 6.68. The number of nitrogens with zero attached hydrogens (tertiary/aromatic N) is 2. The minimum absolute atomic E-state index is 0.0725. The fourth-order valence-electron chi connectivity index (χ4n) is 3.17. The zero-order valence-corrected chi connectivity index (χ0v) is 13.9. The molecule has 1 amide bonds. The number of hydrogen-bond donors (Lipinski definition) is 0. The molecule has 1 aromatic carbocycles. The molecule has 0 aliphatic carbocycles. The van der Waals surface area contributed by atoms with Crippen LogP contribution < -0.4 is 0 Å². The Labute approximate surface area is 142 Å². The number of benzene rings is 1. The third kappa shape index (κ3) is 4.16. The van der Waals surface area contributed by atoms with Crippen molar-refractivity contribution >= 4 is 22.8 Å². The van der Waals surface area contributed by atoms with Crippen molar-refractivity contribution in [3.05, 3.63) is 36.5 Å². The summed E-state index contributed by atoms with van der Waals surface area (Å²) in [4.78, 5) is 25.8. The highest BCUT2D eigenvalue weighted by molar-refractivity contribution is 5.81. The van der Waals surface area contributed by atoms with Gasteiger partial charge >= 0.3 is 5.97 Å². The van der Waals surface area contributed by atoms with Crippen molar-refractivity contribution in [3.8, 4) is 0 Å². The van der Waals surface area contributed by atoms with E-state index in [0.717, 1.165) is 36.8 Å². The highest BCUT2D eigenvalue weighted by atomic mass is 16.5. The molecule has 0 unspecified atom stereocenters. The normalized spacial score (nSPS) is 15.2. The summed E-state index contributed by atoms with van der Waals surface area (Å²) in [7, 11) is 0. The molecule has 1 fully saturated rings. The van der Waals surface area contributed by atoms with E-state index in [1.54, 1.807) is 0 Å². The van der Waals surface area contributed by atoms with Gasteiger partial charge in [-0.05, 0) is 30.4 Å². The molecule has 2 heterocycles. The van der Waals surface area contributed by atoms with Gasteiger partial charge in [-0.25, -0.2) is 0 Å². The summed E-state index contributed by atoms with van der Waals surface area (Å²) in [5, 5.41) is 1.15. The van der Waals surface area contributed by atoms with E-state index in [2.05, 4.69) is 0 Å². The van der Waals surface area contributed by atoms with E-state index in [1.165, 1.54) is 12.8 Å². The van der Waals surface area contributed by atoms with Crippen LogP contribution in [0.3, 0.4) is 0 Å². The van der Waals surface area contributed by atoms with E-state index in [1.807, 2.05) is 46.0 Å². The third-order valence-corrected chi connectivity index (χ3v) is 4.55. The molecule has 0 bridgehead atoms. The van der Waals surface area contributed by atoms with Crippen LogP contribution in [0.4, 0.5) is 0 Å². The number of ether oxygens (including phenoxy) is 1. The van der Waals surface area contributed by atoms with Crippen LogP contribution in [0.5, 0.6) is 0 Å². The molecule has 5 nitrogen and oxygen atoms in total.